The molecule has 0 unspecified atom stereocenters. The molecule has 3 N–H and O–H groups in total. The number of hydrogen-bond donors (Lipinski definition) is 3. The highest BCUT2D eigenvalue weighted by molar-refractivity contribution is 8.01. The minimum absolute atomic E-state index is 0.278. The zero-order valence-electron chi connectivity index (χ0n) is 14.3. The molecule has 2 amide bonds. The van der Waals surface area contributed by atoms with Crippen LogP contribution < -0.4 is 16.6 Å². The number of carboxylic acid groups (broad SMARTS) is 1. The van der Waals surface area contributed by atoms with Gasteiger partial charge in [0.05, 0.1) is 0 Å². The average Bonchev–Trinajstić information content (AvgIpc) is 2.78. The Bertz CT molecular complexity index is 919. The lowest BCUT2D eigenvalue weighted by Gasteiger charge is -2.43. The lowest BCUT2D eigenvalue weighted by molar-refractivity contribution is -0.161. The number of amides is 2. The van der Waals surface area contributed by atoms with E-state index in [9.17, 15) is 29.1 Å². The maximum Gasteiger partial charge on any atom is 0.328 e. The SMILES string of the molecule is Cc1cn(CC(=O)N[C@@H]2C(=O)N3[C@@H]2SC(C)(C)[C@@H]3C(=O)O)c(=O)[nH]c1=O. The summed E-state index contributed by atoms with van der Waals surface area (Å²) in [5.74, 6) is -2.12. The number of carbonyl (C=O) groups excluding carboxylic acids is 2. The van der Waals surface area contributed by atoms with E-state index in [-0.39, 0.29) is 12.1 Å². The predicted molar refractivity (Wildman–Crippen MR) is 91.7 cm³/mol. The van der Waals surface area contributed by atoms with E-state index < -0.39 is 51.2 Å². The maximum absolute atomic E-state index is 12.3. The molecule has 2 aliphatic rings. The molecular weight excluding hydrogens is 364 g/mol. The molecule has 1 aromatic rings. The molecule has 2 fully saturated rings. The van der Waals surface area contributed by atoms with Gasteiger partial charge in [-0.3, -0.25) is 23.9 Å². The van der Waals surface area contributed by atoms with Gasteiger partial charge in [-0.05, 0) is 20.8 Å². The van der Waals surface area contributed by atoms with Crippen LogP contribution in [0.25, 0.3) is 0 Å². The van der Waals surface area contributed by atoms with Gasteiger partial charge in [0.2, 0.25) is 11.8 Å². The average molecular weight is 382 g/mol. The minimum Gasteiger partial charge on any atom is -0.480 e. The third-order valence-electron chi connectivity index (χ3n) is 4.49. The van der Waals surface area contributed by atoms with Gasteiger partial charge in [0.1, 0.15) is 24.0 Å². The molecule has 0 bridgehead atoms. The molecule has 0 aromatic carbocycles. The zero-order chi connectivity index (χ0) is 19.4. The summed E-state index contributed by atoms with van der Waals surface area (Å²) in [6, 6.07) is -1.79. The number of fused-ring (bicyclic) bond motifs is 1. The number of hydrogen-bond acceptors (Lipinski definition) is 6. The number of H-pyrrole nitrogens is 1. The Balaban J connectivity index is 1.71. The molecule has 0 saturated carbocycles. The number of carbonyl (C=O) groups is 3. The molecule has 0 aliphatic carbocycles. The van der Waals surface area contributed by atoms with Crippen LogP contribution in [0.2, 0.25) is 0 Å². The lowest BCUT2D eigenvalue weighted by Crippen LogP contribution is -2.70. The summed E-state index contributed by atoms with van der Waals surface area (Å²) >= 11 is 1.32. The lowest BCUT2D eigenvalue weighted by atomic mass is 9.96. The minimum atomic E-state index is -1.08. The number of aromatic nitrogens is 2. The van der Waals surface area contributed by atoms with Crippen molar-refractivity contribution in [1.82, 2.24) is 19.8 Å². The Labute approximate surface area is 151 Å². The van der Waals surface area contributed by atoms with E-state index in [0.717, 1.165) is 4.57 Å². The second-order valence-corrected chi connectivity index (χ2v) is 8.61. The number of rotatable bonds is 4. The summed E-state index contributed by atoms with van der Waals surface area (Å²) in [5.41, 5.74) is -0.971. The van der Waals surface area contributed by atoms with Gasteiger partial charge in [-0.2, -0.15) is 0 Å². The first-order valence-corrected chi connectivity index (χ1v) is 8.73. The number of aromatic amines is 1. The first-order valence-electron chi connectivity index (χ1n) is 7.85. The number of carboxylic acids is 1. The van der Waals surface area contributed by atoms with Crippen molar-refractivity contribution in [3.8, 4) is 0 Å². The molecule has 140 valence electrons. The fraction of sp³-hybridized carbons (Fsp3) is 0.533. The molecule has 2 aliphatic heterocycles. The standard InChI is InChI=1S/C15H18N4O6S/c1-6-4-18(14(25)17-10(6)21)5-7(20)16-8-11(22)19-9(13(23)24)15(2,3)26-12(8)19/h4,8-9,12H,5H2,1-3H3,(H,16,20)(H,23,24)(H,17,21,25)/t8-,9+,12-/m1/s1. The first-order chi connectivity index (χ1) is 12.0. The zero-order valence-corrected chi connectivity index (χ0v) is 15.1. The van der Waals surface area contributed by atoms with Gasteiger partial charge in [0.15, 0.2) is 0 Å². The molecule has 0 spiro atoms. The first kappa shape index (κ1) is 18.2. The van der Waals surface area contributed by atoms with Crippen LogP contribution in [0, 0.1) is 6.92 Å². The van der Waals surface area contributed by atoms with Crippen LogP contribution in [0.3, 0.4) is 0 Å². The monoisotopic (exact) mass is 382 g/mol. The van der Waals surface area contributed by atoms with Crippen LogP contribution in [0.15, 0.2) is 15.8 Å². The Morgan fingerprint density at radius 1 is 1.35 bits per heavy atom. The number of thioether (sulfide) groups is 1. The second kappa shape index (κ2) is 6.01. The summed E-state index contributed by atoms with van der Waals surface area (Å²) in [7, 11) is 0. The Kier molecular flexibility index (Phi) is 4.21. The quantitative estimate of drug-likeness (QED) is 0.537. The summed E-state index contributed by atoms with van der Waals surface area (Å²) in [6.07, 6.45) is 1.27. The van der Waals surface area contributed by atoms with Crippen molar-refractivity contribution in [2.24, 2.45) is 0 Å². The third-order valence-corrected chi connectivity index (χ3v) is 6.07. The Morgan fingerprint density at radius 2 is 2.00 bits per heavy atom. The number of aliphatic carboxylic acids is 1. The molecule has 3 heterocycles. The van der Waals surface area contributed by atoms with Crippen molar-refractivity contribution >= 4 is 29.5 Å². The van der Waals surface area contributed by atoms with E-state index >= 15 is 0 Å². The van der Waals surface area contributed by atoms with Crippen molar-refractivity contribution in [1.29, 1.82) is 0 Å². The molecule has 26 heavy (non-hydrogen) atoms. The van der Waals surface area contributed by atoms with Crippen LogP contribution in [0.4, 0.5) is 0 Å². The van der Waals surface area contributed by atoms with Gasteiger partial charge in [0, 0.05) is 16.5 Å². The van der Waals surface area contributed by atoms with Gasteiger partial charge in [-0.25, -0.2) is 9.59 Å². The molecule has 10 nitrogen and oxygen atoms in total. The molecule has 0 radical (unpaired) electrons. The predicted octanol–water partition coefficient (Wildman–Crippen LogP) is -1.52. The van der Waals surface area contributed by atoms with E-state index in [1.807, 2.05) is 0 Å². The van der Waals surface area contributed by atoms with Crippen LogP contribution >= 0.6 is 11.8 Å². The Hall–Kier alpha value is -2.56. The van der Waals surface area contributed by atoms with E-state index in [1.54, 1.807) is 13.8 Å². The highest BCUT2D eigenvalue weighted by Crippen LogP contribution is 2.50. The fourth-order valence-corrected chi connectivity index (χ4v) is 4.88. The summed E-state index contributed by atoms with van der Waals surface area (Å²) < 4.78 is 0.358. The van der Waals surface area contributed by atoms with Crippen molar-refractivity contribution in [3.63, 3.8) is 0 Å². The molecular formula is C15H18N4O6S. The molecule has 3 rings (SSSR count). The number of β-lactam (4-membered cyclic amide) rings is 1. The summed E-state index contributed by atoms with van der Waals surface area (Å²) in [4.78, 5) is 62.4. The number of aryl methyl sites for hydroxylation is 1. The van der Waals surface area contributed by atoms with Crippen LogP contribution in [-0.4, -0.2) is 59.5 Å². The molecule has 1 aromatic heterocycles. The van der Waals surface area contributed by atoms with E-state index in [2.05, 4.69) is 10.3 Å². The van der Waals surface area contributed by atoms with E-state index in [0.29, 0.717) is 0 Å². The van der Waals surface area contributed by atoms with Gasteiger partial charge in [-0.15, -0.1) is 11.8 Å². The second-order valence-electron chi connectivity index (χ2n) is 6.84. The number of nitrogens with one attached hydrogen (secondary N) is 2. The van der Waals surface area contributed by atoms with Crippen molar-refractivity contribution in [2.45, 2.75) is 49.5 Å². The van der Waals surface area contributed by atoms with Gasteiger partial charge < -0.3 is 15.3 Å². The van der Waals surface area contributed by atoms with Crippen LogP contribution in [0.5, 0.6) is 0 Å². The molecule has 11 heteroatoms. The van der Waals surface area contributed by atoms with Crippen molar-refractivity contribution < 1.29 is 19.5 Å². The third kappa shape index (κ3) is 2.81. The topological polar surface area (TPSA) is 142 Å². The highest BCUT2D eigenvalue weighted by Gasteiger charge is 2.64. The van der Waals surface area contributed by atoms with Crippen LogP contribution in [0.1, 0.15) is 19.4 Å². The summed E-state index contributed by atoms with van der Waals surface area (Å²) in [5, 5.41) is 11.5. The van der Waals surface area contributed by atoms with Gasteiger partial charge in [-0.1, -0.05) is 0 Å². The van der Waals surface area contributed by atoms with Crippen molar-refractivity contribution in [2.75, 3.05) is 0 Å². The van der Waals surface area contributed by atoms with Gasteiger partial charge >= 0.3 is 11.7 Å². The fourth-order valence-electron chi connectivity index (χ4n) is 3.26. The van der Waals surface area contributed by atoms with Gasteiger partial charge in [0.25, 0.3) is 5.56 Å². The molecule has 3 atom stereocenters. The largest absolute Gasteiger partial charge is 0.480 e. The summed E-state index contributed by atoms with van der Waals surface area (Å²) in [6.45, 7) is 4.62. The maximum atomic E-state index is 12.3. The smallest absolute Gasteiger partial charge is 0.328 e. The highest BCUT2D eigenvalue weighted by atomic mass is 32.2. The normalized spacial score (nSPS) is 26.2. The van der Waals surface area contributed by atoms with Crippen molar-refractivity contribution in [3.05, 3.63) is 32.6 Å². The van der Waals surface area contributed by atoms with E-state index in [4.69, 9.17) is 0 Å². The number of nitrogens with zero attached hydrogens (tertiary/aromatic N) is 2. The van der Waals surface area contributed by atoms with Crippen LogP contribution in [-0.2, 0) is 20.9 Å². The van der Waals surface area contributed by atoms with E-state index in [1.165, 1.54) is 29.8 Å². The Morgan fingerprint density at radius 3 is 2.62 bits per heavy atom. The molecule has 2 saturated heterocycles.